The number of aromatic nitrogens is 2. The van der Waals surface area contributed by atoms with Gasteiger partial charge in [0, 0.05) is 18.5 Å². The smallest absolute Gasteiger partial charge is 0.137 e. The molecule has 2 aromatic rings. The van der Waals surface area contributed by atoms with E-state index in [-0.39, 0.29) is 5.56 Å². The van der Waals surface area contributed by atoms with E-state index in [1.54, 1.807) is 17.0 Å². The number of nitrogens with one attached hydrogen (secondary N) is 2. The number of benzene rings is 1. The molecular weight excluding hydrogens is 296 g/mol. The fourth-order valence-corrected chi connectivity index (χ4v) is 2.87. The number of anilines is 1. The van der Waals surface area contributed by atoms with Gasteiger partial charge in [-0.2, -0.15) is 0 Å². The Kier molecular flexibility index (Phi) is 4.99. The van der Waals surface area contributed by atoms with Gasteiger partial charge in [0.2, 0.25) is 0 Å². The molecule has 1 aliphatic heterocycles. The van der Waals surface area contributed by atoms with Crippen LogP contribution in [0.15, 0.2) is 24.5 Å². The van der Waals surface area contributed by atoms with Gasteiger partial charge in [0.1, 0.15) is 25.2 Å². The van der Waals surface area contributed by atoms with Crippen molar-refractivity contribution in [1.82, 2.24) is 9.97 Å². The van der Waals surface area contributed by atoms with Crippen LogP contribution < -0.4 is 15.3 Å². The summed E-state index contributed by atoms with van der Waals surface area (Å²) in [5.41, 5.74) is 0.715. The first kappa shape index (κ1) is 15.6. The van der Waals surface area contributed by atoms with E-state index in [2.05, 4.69) is 15.3 Å². The van der Waals surface area contributed by atoms with E-state index < -0.39 is 5.97 Å². The fraction of sp³-hybridized carbons (Fsp3) is 0.438. The highest BCUT2D eigenvalue weighted by Crippen LogP contribution is 2.23. The van der Waals surface area contributed by atoms with Crippen LogP contribution in [0.5, 0.6) is 0 Å². The minimum Gasteiger partial charge on any atom is -0.545 e. The third kappa shape index (κ3) is 3.75. The van der Waals surface area contributed by atoms with Gasteiger partial charge < -0.3 is 24.9 Å². The summed E-state index contributed by atoms with van der Waals surface area (Å²) in [5.74, 6) is -0.669. The van der Waals surface area contributed by atoms with Crippen LogP contribution in [0.1, 0.15) is 16.8 Å². The number of aromatic carboxylic acids is 1. The molecule has 7 heteroatoms. The molecule has 0 aliphatic carbocycles. The molecule has 0 atom stereocenters. The Bertz CT molecular complexity index is 681. The molecule has 122 valence electrons. The molecule has 7 nitrogen and oxygen atoms in total. The van der Waals surface area contributed by atoms with E-state index in [1.165, 1.54) is 12.4 Å². The molecule has 0 bridgehead atoms. The standard InChI is InChI=1S/C16H20N4O3/c21-16(22)12-3-1-4-13-14(12)15(19-11-18-13)17-5-2-6-20-7-9-23-10-8-20/h1,3-4,11H,2,5-10H2,(H,21,22)(H,17,18,19). The Hall–Kier alpha value is -2.25. The fourth-order valence-electron chi connectivity index (χ4n) is 2.87. The Balaban J connectivity index is 1.66. The predicted molar refractivity (Wildman–Crippen MR) is 83.4 cm³/mol. The largest absolute Gasteiger partial charge is 0.545 e. The summed E-state index contributed by atoms with van der Waals surface area (Å²) in [4.78, 5) is 21.2. The number of rotatable bonds is 6. The van der Waals surface area contributed by atoms with Crippen LogP contribution in [0.25, 0.3) is 10.9 Å². The van der Waals surface area contributed by atoms with Gasteiger partial charge in [-0.15, -0.1) is 0 Å². The molecule has 1 fully saturated rings. The minimum atomic E-state index is -1.22. The Morgan fingerprint density at radius 1 is 1.30 bits per heavy atom. The lowest BCUT2D eigenvalue weighted by Gasteiger charge is -2.23. The van der Waals surface area contributed by atoms with Crippen molar-refractivity contribution in [2.45, 2.75) is 6.42 Å². The average Bonchev–Trinajstić information content (AvgIpc) is 2.59. The number of fused-ring (bicyclic) bond motifs is 1. The van der Waals surface area contributed by atoms with Crippen molar-refractivity contribution >= 4 is 22.7 Å². The molecule has 0 saturated carbocycles. The summed E-state index contributed by atoms with van der Waals surface area (Å²) in [7, 11) is 0. The van der Waals surface area contributed by atoms with Gasteiger partial charge in [0.15, 0.2) is 0 Å². The normalized spacial score (nSPS) is 15.7. The zero-order chi connectivity index (χ0) is 16.1. The summed E-state index contributed by atoms with van der Waals surface area (Å²) >= 11 is 0. The van der Waals surface area contributed by atoms with Gasteiger partial charge in [-0.1, -0.05) is 12.1 Å². The third-order valence-electron chi connectivity index (χ3n) is 4.08. The molecule has 1 aromatic heterocycles. The van der Waals surface area contributed by atoms with Crippen molar-refractivity contribution in [3.05, 3.63) is 30.1 Å². The first-order valence-electron chi connectivity index (χ1n) is 7.86. The van der Waals surface area contributed by atoms with Gasteiger partial charge >= 0.3 is 0 Å². The number of nitrogens with zero attached hydrogens (tertiary/aromatic N) is 2. The second kappa shape index (κ2) is 7.34. The number of carboxylic acid groups (broad SMARTS) is 1. The summed E-state index contributed by atoms with van der Waals surface area (Å²) in [6.45, 7) is 5.55. The summed E-state index contributed by atoms with van der Waals surface area (Å²) in [5, 5.41) is 15.0. The highest BCUT2D eigenvalue weighted by molar-refractivity contribution is 6.06. The highest BCUT2D eigenvalue weighted by atomic mass is 16.5. The number of quaternary nitrogens is 1. The van der Waals surface area contributed by atoms with Crippen molar-refractivity contribution in [1.29, 1.82) is 0 Å². The summed E-state index contributed by atoms with van der Waals surface area (Å²) < 4.78 is 5.34. The molecule has 1 saturated heterocycles. The van der Waals surface area contributed by atoms with Crippen LogP contribution in [0.3, 0.4) is 0 Å². The van der Waals surface area contributed by atoms with Gasteiger partial charge in [-0.25, -0.2) is 9.97 Å². The first-order chi connectivity index (χ1) is 11.3. The van der Waals surface area contributed by atoms with Crippen LogP contribution in [0.2, 0.25) is 0 Å². The van der Waals surface area contributed by atoms with Crippen molar-refractivity contribution < 1.29 is 19.5 Å². The number of hydrogen-bond acceptors (Lipinski definition) is 6. The molecule has 0 unspecified atom stereocenters. The molecule has 0 spiro atoms. The van der Waals surface area contributed by atoms with Crippen LogP contribution in [-0.4, -0.2) is 55.3 Å². The summed E-state index contributed by atoms with van der Waals surface area (Å²) in [6.07, 6.45) is 2.42. The maximum absolute atomic E-state index is 11.3. The Morgan fingerprint density at radius 3 is 2.91 bits per heavy atom. The second-order valence-electron chi connectivity index (χ2n) is 5.60. The maximum atomic E-state index is 11.3. The van der Waals surface area contributed by atoms with Crippen molar-refractivity contribution in [2.24, 2.45) is 0 Å². The third-order valence-corrected chi connectivity index (χ3v) is 4.08. The van der Waals surface area contributed by atoms with Crippen LogP contribution in [-0.2, 0) is 4.74 Å². The SMILES string of the molecule is O=C([O-])c1cccc2ncnc(NCCC[NH+]3CCOCC3)c12. The lowest BCUT2D eigenvalue weighted by molar-refractivity contribution is -0.908. The lowest BCUT2D eigenvalue weighted by Crippen LogP contribution is -3.14. The van der Waals surface area contributed by atoms with Crippen LogP contribution >= 0.6 is 0 Å². The molecular formula is C16H20N4O3. The Labute approximate surface area is 134 Å². The molecule has 1 aromatic carbocycles. The van der Waals surface area contributed by atoms with E-state index in [4.69, 9.17) is 4.74 Å². The van der Waals surface area contributed by atoms with Crippen molar-refractivity contribution in [3.8, 4) is 0 Å². The predicted octanol–water partition coefficient (Wildman–Crippen LogP) is -1.29. The van der Waals surface area contributed by atoms with Crippen LogP contribution in [0, 0.1) is 0 Å². The van der Waals surface area contributed by atoms with E-state index in [9.17, 15) is 9.90 Å². The van der Waals surface area contributed by atoms with E-state index in [1.807, 2.05) is 0 Å². The zero-order valence-electron chi connectivity index (χ0n) is 12.9. The highest BCUT2D eigenvalue weighted by Gasteiger charge is 2.13. The molecule has 3 rings (SSSR count). The number of hydrogen-bond donors (Lipinski definition) is 2. The number of morpholine rings is 1. The first-order valence-corrected chi connectivity index (χ1v) is 7.86. The van der Waals surface area contributed by atoms with Gasteiger partial charge in [-0.3, -0.25) is 0 Å². The van der Waals surface area contributed by atoms with Gasteiger partial charge in [0.05, 0.1) is 36.6 Å². The number of ether oxygens (including phenoxy) is 1. The molecule has 1 aliphatic rings. The zero-order valence-corrected chi connectivity index (χ0v) is 12.9. The number of carbonyl (C=O) groups is 1. The van der Waals surface area contributed by atoms with Gasteiger partial charge in [0.25, 0.3) is 0 Å². The van der Waals surface area contributed by atoms with Crippen LogP contribution in [0.4, 0.5) is 5.82 Å². The lowest BCUT2D eigenvalue weighted by atomic mass is 10.1. The molecule has 2 heterocycles. The van der Waals surface area contributed by atoms with Gasteiger partial charge in [-0.05, 0) is 6.07 Å². The number of carboxylic acids is 1. The second-order valence-corrected chi connectivity index (χ2v) is 5.60. The van der Waals surface area contributed by atoms with Crippen molar-refractivity contribution in [3.63, 3.8) is 0 Å². The molecule has 0 amide bonds. The average molecular weight is 316 g/mol. The quantitative estimate of drug-likeness (QED) is 0.645. The number of carbonyl (C=O) groups excluding carboxylic acids is 1. The van der Waals surface area contributed by atoms with E-state index >= 15 is 0 Å². The topological polar surface area (TPSA) is 91.6 Å². The molecule has 0 radical (unpaired) electrons. The van der Waals surface area contributed by atoms with E-state index in [0.29, 0.717) is 16.7 Å². The minimum absolute atomic E-state index is 0.115. The summed E-state index contributed by atoms with van der Waals surface area (Å²) in [6, 6.07) is 4.95. The monoisotopic (exact) mass is 316 g/mol. The maximum Gasteiger partial charge on any atom is 0.137 e. The van der Waals surface area contributed by atoms with Crippen molar-refractivity contribution in [2.75, 3.05) is 44.7 Å². The Morgan fingerprint density at radius 2 is 2.13 bits per heavy atom. The van der Waals surface area contributed by atoms with E-state index in [0.717, 1.165) is 45.8 Å². The molecule has 2 N–H and O–H groups in total. The molecule has 23 heavy (non-hydrogen) atoms.